The molecule has 0 spiro atoms. The molecule has 0 radical (unpaired) electrons. The van der Waals surface area contributed by atoms with Gasteiger partial charge in [0.15, 0.2) is 0 Å². The molecule has 1 amide bonds. The lowest BCUT2D eigenvalue weighted by atomic mass is 10.1. The van der Waals surface area contributed by atoms with Crippen molar-refractivity contribution in [2.24, 2.45) is 7.05 Å². The fourth-order valence-electron chi connectivity index (χ4n) is 4.29. The second kappa shape index (κ2) is 10.6. The van der Waals surface area contributed by atoms with E-state index in [2.05, 4.69) is 39.8 Å². The highest BCUT2D eigenvalue weighted by atomic mass is 16.5. The van der Waals surface area contributed by atoms with E-state index in [0.29, 0.717) is 17.1 Å². The molecule has 4 aromatic rings. The second-order valence-corrected chi connectivity index (χ2v) is 9.00. The van der Waals surface area contributed by atoms with E-state index in [1.54, 1.807) is 10.6 Å². The summed E-state index contributed by atoms with van der Waals surface area (Å²) >= 11 is 0. The van der Waals surface area contributed by atoms with Crippen molar-refractivity contribution in [1.29, 1.82) is 0 Å². The summed E-state index contributed by atoms with van der Waals surface area (Å²) in [5.41, 5.74) is 4.47. The Hall–Kier alpha value is -4.23. The number of aromatic nitrogens is 1. The van der Waals surface area contributed by atoms with Crippen LogP contribution >= 0.6 is 0 Å². The average molecular weight is 483 g/mol. The Labute approximate surface area is 210 Å². The van der Waals surface area contributed by atoms with Crippen molar-refractivity contribution in [2.45, 2.75) is 18.9 Å². The van der Waals surface area contributed by atoms with Crippen LogP contribution in [0.4, 0.5) is 22.7 Å². The summed E-state index contributed by atoms with van der Waals surface area (Å²) in [5.74, 6) is 1.26. The highest BCUT2D eigenvalue weighted by Gasteiger charge is 2.17. The van der Waals surface area contributed by atoms with E-state index in [9.17, 15) is 9.90 Å². The van der Waals surface area contributed by atoms with Gasteiger partial charge in [-0.25, -0.2) is 0 Å². The number of amides is 1. The molecule has 7 nitrogen and oxygen atoms in total. The Morgan fingerprint density at radius 1 is 0.833 bits per heavy atom. The summed E-state index contributed by atoms with van der Waals surface area (Å²) in [4.78, 5) is 14.7. The highest BCUT2D eigenvalue weighted by Crippen LogP contribution is 2.27. The molecule has 1 fully saturated rings. The van der Waals surface area contributed by atoms with Gasteiger partial charge >= 0.3 is 0 Å². The summed E-state index contributed by atoms with van der Waals surface area (Å²) in [7, 11) is 1.84. The lowest BCUT2D eigenvalue weighted by Gasteiger charge is -2.31. The summed E-state index contributed by atoms with van der Waals surface area (Å²) in [6.45, 7) is 1.78. The van der Waals surface area contributed by atoms with Crippen LogP contribution in [0, 0.1) is 0 Å². The Bertz CT molecular complexity index is 1290. The number of ether oxygens (including phenoxy) is 1. The number of carbonyl (C=O) groups is 1. The maximum absolute atomic E-state index is 12.4. The first-order valence-corrected chi connectivity index (χ1v) is 12.1. The lowest BCUT2D eigenvalue weighted by molar-refractivity contribution is 0.101. The van der Waals surface area contributed by atoms with Gasteiger partial charge < -0.3 is 29.9 Å². The molecule has 3 aromatic carbocycles. The van der Waals surface area contributed by atoms with Gasteiger partial charge in [-0.2, -0.15) is 0 Å². The zero-order valence-electron chi connectivity index (χ0n) is 20.2. The third-order valence-corrected chi connectivity index (χ3v) is 6.36. The topological polar surface area (TPSA) is 78.8 Å². The lowest BCUT2D eigenvalue weighted by Crippen LogP contribution is -2.35. The van der Waals surface area contributed by atoms with Gasteiger partial charge in [-0.05, 0) is 97.8 Å². The number of carbonyl (C=O) groups excluding carboxylic acids is 1. The van der Waals surface area contributed by atoms with Crippen LogP contribution in [0.2, 0.25) is 0 Å². The van der Waals surface area contributed by atoms with Crippen LogP contribution in [-0.4, -0.2) is 34.8 Å². The molecule has 3 N–H and O–H groups in total. The molecule has 184 valence electrons. The molecule has 1 aliphatic rings. The molecule has 5 rings (SSSR count). The van der Waals surface area contributed by atoms with Crippen LogP contribution < -0.4 is 20.3 Å². The van der Waals surface area contributed by atoms with Gasteiger partial charge in [0, 0.05) is 49.1 Å². The number of rotatable bonds is 7. The number of nitrogens with zero attached hydrogens (tertiary/aromatic N) is 2. The first-order valence-electron chi connectivity index (χ1n) is 12.1. The SMILES string of the molecule is Cn1cccc1C(=O)Nc1ccc(Oc2ccc(Nc3ccc(N4CCC(O)CC4)cc3)cc2)cc1. The number of nitrogens with one attached hydrogen (secondary N) is 2. The van der Waals surface area contributed by atoms with Gasteiger partial charge in [0.1, 0.15) is 17.2 Å². The summed E-state index contributed by atoms with van der Waals surface area (Å²) in [6, 6.07) is 27.1. The molecular weight excluding hydrogens is 452 g/mol. The van der Waals surface area contributed by atoms with E-state index in [4.69, 9.17) is 4.74 Å². The number of benzene rings is 3. The number of hydrogen-bond donors (Lipinski definition) is 3. The standard InChI is InChI=1S/C29H30N4O3/c1-32-18-2-3-28(32)29(35)31-23-8-14-27(15-9-23)36-26-12-6-22(7-13-26)30-21-4-10-24(11-5-21)33-19-16-25(34)17-20-33/h2-15,18,25,30,34H,16-17,19-20H2,1H3,(H,31,35). The van der Waals surface area contributed by atoms with Crippen molar-refractivity contribution in [3.05, 3.63) is 96.8 Å². The van der Waals surface area contributed by atoms with Gasteiger partial charge in [-0.3, -0.25) is 4.79 Å². The molecule has 1 aromatic heterocycles. The van der Waals surface area contributed by atoms with E-state index in [0.717, 1.165) is 43.1 Å². The molecule has 0 unspecified atom stereocenters. The average Bonchev–Trinajstić information content (AvgIpc) is 3.33. The van der Waals surface area contributed by atoms with Crippen LogP contribution in [0.15, 0.2) is 91.1 Å². The van der Waals surface area contributed by atoms with E-state index < -0.39 is 0 Å². The molecule has 0 saturated carbocycles. The van der Waals surface area contributed by atoms with Gasteiger partial charge in [0.2, 0.25) is 0 Å². The fraction of sp³-hybridized carbons (Fsp3) is 0.207. The van der Waals surface area contributed by atoms with E-state index in [-0.39, 0.29) is 12.0 Å². The van der Waals surface area contributed by atoms with Crippen molar-refractivity contribution in [1.82, 2.24) is 4.57 Å². The normalized spacial score (nSPS) is 13.9. The van der Waals surface area contributed by atoms with Crippen molar-refractivity contribution in [2.75, 3.05) is 28.6 Å². The Kier molecular flexibility index (Phi) is 6.91. The minimum Gasteiger partial charge on any atom is -0.457 e. The molecule has 7 heteroatoms. The second-order valence-electron chi connectivity index (χ2n) is 9.00. The van der Waals surface area contributed by atoms with Crippen LogP contribution in [-0.2, 0) is 7.05 Å². The number of anilines is 4. The summed E-state index contributed by atoms with van der Waals surface area (Å²) in [6.07, 6.45) is 3.32. The molecule has 1 aliphatic heterocycles. The molecular formula is C29H30N4O3. The fourth-order valence-corrected chi connectivity index (χ4v) is 4.29. The van der Waals surface area contributed by atoms with Gasteiger partial charge in [0.25, 0.3) is 5.91 Å². The Morgan fingerprint density at radius 2 is 1.39 bits per heavy atom. The number of aliphatic hydroxyl groups excluding tert-OH is 1. The number of piperidine rings is 1. The van der Waals surface area contributed by atoms with Crippen molar-refractivity contribution < 1.29 is 14.6 Å². The third-order valence-electron chi connectivity index (χ3n) is 6.36. The maximum Gasteiger partial charge on any atom is 0.272 e. The quantitative estimate of drug-likeness (QED) is 0.311. The van der Waals surface area contributed by atoms with Crippen LogP contribution in [0.5, 0.6) is 11.5 Å². The zero-order valence-corrected chi connectivity index (χ0v) is 20.2. The summed E-state index contributed by atoms with van der Waals surface area (Å²) in [5, 5.41) is 16.0. The number of aryl methyl sites for hydroxylation is 1. The van der Waals surface area contributed by atoms with Gasteiger partial charge in [-0.1, -0.05) is 0 Å². The molecule has 0 bridgehead atoms. The monoisotopic (exact) mass is 482 g/mol. The van der Waals surface area contributed by atoms with Crippen molar-refractivity contribution >= 4 is 28.7 Å². The van der Waals surface area contributed by atoms with Crippen LogP contribution in [0.3, 0.4) is 0 Å². The van der Waals surface area contributed by atoms with Gasteiger partial charge in [-0.15, -0.1) is 0 Å². The van der Waals surface area contributed by atoms with Crippen LogP contribution in [0.25, 0.3) is 0 Å². The van der Waals surface area contributed by atoms with E-state index in [1.807, 2.05) is 67.8 Å². The molecule has 1 saturated heterocycles. The first kappa shape index (κ1) is 23.5. The number of aliphatic hydroxyl groups is 1. The van der Waals surface area contributed by atoms with Gasteiger partial charge in [0.05, 0.1) is 6.10 Å². The van der Waals surface area contributed by atoms with E-state index >= 15 is 0 Å². The van der Waals surface area contributed by atoms with Crippen LogP contribution in [0.1, 0.15) is 23.3 Å². The molecule has 36 heavy (non-hydrogen) atoms. The number of hydrogen-bond acceptors (Lipinski definition) is 5. The first-order chi connectivity index (χ1) is 17.5. The Balaban J connectivity index is 1.14. The third kappa shape index (κ3) is 5.70. The summed E-state index contributed by atoms with van der Waals surface area (Å²) < 4.78 is 7.74. The van der Waals surface area contributed by atoms with E-state index in [1.165, 1.54) is 5.69 Å². The van der Waals surface area contributed by atoms with Crippen molar-refractivity contribution in [3.63, 3.8) is 0 Å². The molecule has 0 aliphatic carbocycles. The predicted molar refractivity (Wildman–Crippen MR) is 144 cm³/mol. The minimum atomic E-state index is -0.166. The van der Waals surface area contributed by atoms with Crippen molar-refractivity contribution in [3.8, 4) is 11.5 Å². The smallest absolute Gasteiger partial charge is 0.272 e. The zero-order chi connectivity index (χ0) is 24.9. The predicted octanol–water partition coefficient (Wildman–Crippen LogP) is 5.77. The minimum absolute atomic E-state index is 0.153. The largest absolute Gasteiger partial charge is 0.457 e. The molecule has 2 heterocycles. The highest BCUT2D eigenvalue weighted by molar-refractivity contribution is 6.03. The maximum atomic E-state index is 12.4. The molecule has 0 atom stereocenters. The Morgan fingerprint density at radius 3 is 1.94 bits per heavy atom.